The Bertz CT molecular complexity index is 507. The smallest absolute Gasteiger partial charge is 0.267 e. The number of benzene rings is 1. The minimum Gasteiger partial charge on any atom is -0.267 e. The number of carbonyl (C=O) groups excluding carboxylic acids is 1. The van der Waals surface area contributed by atoms with Crippen LogP contribution in [0.15, 0.2) is 71.8 Å². The van der Waals surface area contributed by atoms with E-state index in [0.29, 0.717) is 12.0 Å². The van der Waals surface area contributed by atoms with E-state index in [1.54, 1.807) is 12.1 Å². The van der Waals surface area contributed by atoms with Crippen molar-refractivity contribution in [2.45, 2.75) is 6.42 Å². The molecule has 1 aromatic rings. The molecule has 0 bridgehead atoms. The zero-order valence-electron chi connectivity index (χ0n) is 9.41. The molecule has 0 fully saturated rings. The molecule has 0 N–H and O–H groups in total. The predicted octanol–water partition coefficient (Wildman–Crippen LogP) is 3.34. The summed E-state index contributed by atoms with van der Waals surface area (Å²) in [5.74, 6) is -0.191. The van der Waals surface area contributed by atoms with E-state index in [9.17, 15) is 4.79 Å². The molecular formula is C15H13NO. The Kier molecular flexibility index (Phi) is 3.81. The number of nitrogens with zero attached hydrogens (tertiary/aromatic N) is 1. The van der Waals surface area contributed by atoms with E-state index in [1.165, 1.54) is 0 Å². The highest BCUT2D eigenvalue weighted by Crippen LogP contribution is 2.04. The summed E-state index contributed by atoms with van der Waals surface area (Å²) >= 11 is 0. The Labute approximate surface area is 101 Å². The topological polar surface area (TPSA) is 29.4 Å². The summed E-state index contributed by atoms with van der Waals surface area (Å²) in [4.78, 5) is 16.0. The van der Waals surface area contributed by atoms with Gasteiger partial charge in [-0.05, 0) is 18.2 Å². The molecular weight excluding hydrogens is 210 g/mol. The SMILES string of the molecule is O=C(N=C1C=CC=CC=CC1)c1ccccc1. The molecule has 1 aliphatic carbocycles. The van der Waals surface area contributed by atoms with Gasteiger partial charge in [0.1, 0.15) is 0 Å². The summed E-state index contributed by atoms with van der Waals surface area (Å²) in [5, 5.41) is 0. The van der Waals surface area contributed by atoms with Crippen molar-refractivity contribution >= 4 is 11.6 Å². The van der Waals surface area contributed by atoms with Crippen LogP contribution in [0.25, 0.3) is 0 Å². The number of aliphatic imine (C=N–C) groups is 1. The third-order valence-corrected chi connectivity index (χ3v) is 2.35. The van der Waals surface area contributed by atoms with E-state index >= 15 is 0 Å². The molecule has 0 aromatic heterocycles. The quantitative estimate of drug-likeness (QED) is 0.718. The van der Waals surface area contributed by atoms with Crippen molar-refractivity contribution in [3.8, 4) is 0 Å². The monoisotopic (exact) mass is 223 g/mol. The van der Waals surface area contributed by atoms with Gasteiger partial charge in [-0.1, -0.05) is 48.6 Å². The average molecular weight is 223 g/mol. The van der Waals surface area contributed by atoms with Crippen molar-refractivity contribution in [2.24, 2.45) is 4.99 Å². The molecule has 0 heterocycles. The number of allylic oxidation sites excluding steroid dienone is 6. The van der Waals surface area contributed by atoms with Crippen molar-refractivity contribution in [2.75, 3.05) is 0 Å². The summed E-state index contributed by atoms with van der Waals surface area (Å²) in [6, 6.07) is 9.10. The van der Waals surface area contributed by atoms with E-state index < -0.39 is 0 Å². The lowest BCUT2D eigenvalue weighted by atomic mass is 10.1. The van der Waals surface area contributed by atoms with Crippen LogP contribution in [0.2, 0.25) is 0 Å². The molecule has 1 aromatic carbocycles. The Morgan fingerprint density at radius 2 is 1.76 bits per heavy atom. The summed E-state index contributed by atoms with van der Waals surface area (Å²) in [6.45, 7) is 0. The largest absolute Gasteiger partial charge is 0.277 e. The third kappa shape index (κ3) is 3.38. The number of hydrogen-bond donors (Lipinski definition) is 0. The number of hydrogen-bond acceptors (Lipinski definition) is 1. The molecule has 0 saturated carbocycles. The second-order valence-corrected chi connectivity index (χ2v) is 3.65. The third-order valence-electron chi connectivity index (χ3n) is 2.35. The molecule has 0 saturated heterocycles. The van der Waals surface area contributed by atoms with Gasteiger partial charge in [-0.15, -0.1) is 0 Å². The van der Waals surface area contributed by atoms with Gasteiger partial charge in [0.05, 0.1) is 0 Å². The van der Waals surface area contributed by atoms with Crippen molar-refractivity contribution in [1.82, 2.24) is 0 Å². The minimum atomic E-state index is -0.191. The van der Waals surface area contributed by atoms with Crippen LogP contribution < -0.4 is 0 Å². The molecule has 1 aliphatic rings. The Morgan fingerprint density at radius 1 is 1.00 bits per heavy atom. The van der Waals surface area contributed by atoms with E-state index in [-0.39, 0.29) is 5.91 Å². The molecule has 0 radical (unpaired) electrons. The number of rotatable bonds is 1. The first-order valence-corrected chi connectivity index (χ1v) is 5.53. The second-order valence-electron chi connectivity index (χ2n) is 3.65. The molecule has 0 unspecified atom stereocenters. The van der Waals surface area contributed by atoms with Gasteiger partial charge in [0.25, 0.3) is 5.91 Å². The minimum absolute atomic E-state index is 0.191. The molecule has 0 atom stereocenters. The predicted molar refractivity (Wildman–Crippen MR) is 70.2 cm³/mol. The molecule has 17 heavy (non-hydrogen) atoms. The average Bonchev–Trinajstić information content (AvgIpc) is 2.33. The van der Waals surface area contributed by atoms with Crippen LogP contribution in [0, 0.1) is 0 Å². The zero-order valence-corrected chi connectivity index (χ0v) is 9.41. The molecule has 84 valence electrons. The van der Waals surface area contributed by atoms with Crippen molar-refractivity contribution in [1.29, 1.82) is 0 Å². The van der Waals surface area contributed by atoms with Crippen LogP contribution in [0.3, 0.4) is 0 Å². The zero-order chi connectivity index (χ0) is 11.9. The first kappa shape index (κ1) is 11.3. The number of carbonyl (C=O) groups is 1. The summed E-state index contributed by atoms with van der Waals surface area (Å²) in [7, 11) is 0. The lowest BCUT2D eigenvalue weighted by molar-refractivity contribution is 0.100. The van der Waals surface area contributed by atoms with Crippen LogP contribution in [0.5, 0.6) is 0 Å². The maximum absolute atomic E-state index is 11.8. The van der Waals surface area contributed by atoms with Crippen LogP contribution >= 0.6 is 0 Å². The van der Waals surface area contributed by atoms with Crippen LogP contribution in [0.1, 0.15) is 16.8 Å². The summed E-state index contributed by atoms with van der Waals surface area (Å²) < 4.78 is 0. The Balaban J connectivity index is 2.19. The van der Waals surface area contributed by atoms with Gasteiger partial charge in [-0.25, -0.2) is 4.99 Å². The van der Waals surface area contributed by atoms with E-state index in [4.69, 9.17) is 0 Å². The highest BCUT2D eigenvalue weighted by atomic mass is 16.1. The molecule has 2 rings (SSSR count). The lowest BCUT2D eigenvalue weighted by Gasteiger charge is -1.99. The van der Waals surface area contributed by atoms with Gasteiger partial charge < -0.3 is 0 Å². The molecule has 1 amide bonds. The molecule has 0 spiro atoms. The first-order chi connectivity index (χ1) is 8.36. The van der Waals surface area contributed by atoms with Crippen LogP contribution in [-0.4, -0.2) is 11.6 Å². The van der Waals surface area contributed by atoms with E-state index in [2.05, 4.69) is 4.99 Å². The standard InChI is InChI=1S/C15H13NO/c17-15(13-9-5-4-6-10-13)16-14-11-7-2-1-3-8-12-14/h1-11H,12H2. The summed E-state index contributed by atoms with van der Waals surface area (Å²) in [5.41, 5.74) is 1.40. The summed E-state index contributed by atoms with van der Waals surface area (Å²) in [6.07, 6.45) is 12.2. The van der Waals surface area contributed by atoms with Gasteiger partial charge in [0, 0.05) is 17.7 Å². The first-order valence-electron chi connectivity index (χ1n) is 5.53. The van der Waals surface area contributed by atoms with Crippen molar-refractivity contribution in [3.05, 3.63) is 72.4 Å². The van der Waals surface area contributed by atoms with Gasteiger partial charge in [0.2, 0.25) is 0 Å². The van der Waals surface area contributed by atoms with Gasteiger partial charge in [-0.3, -0.25) is 4.79 Å². The lowest BCUT2D eigenvalue weighted by Crippen LogP contribution is -2.01. The fraction of sp³-hybridized carbons (Fsp3) is 0.0667. The molecule has 2 nitrogen and oxygen atoms in total. The highest BCUT2D eigenvalue weighted by molar-refractivity contribution is 6.08. The maximum Gasteiger partial charge on any atom is 0.277 e. The van der Waals surface area contributed by atoms with Crippen molar-refractivity contribution in [3.63, 3.8) is 0 Å². The fourth-order valence-electron chi connectivity index (χ4n) is 1.49. The highest BCUT2D eigenvalue weighted by Gasteiger charge is 2.03. The van der Waals surface area contributed by atoms with Crippen molar-refractivity contribution < 1.29 is 4.79 Å². The maximum atomic E-state index is 11.8. The fourth-order valence-corrected chi connectivity index (χ4v) is 1.49. The van der Waals surface area contributed by atoms with Gasteiger partial charge in [0.15, 0.2) is 0 Å². The Morgan fingerprint density at radius 3 is 2.59 bits per heavy atom. The van der Waals surface area contributed by atoms with Gasteiger partial charge in [-0.2, -0.15) is 0 Å². The molecule has 2 heteroatoms. The van der Waals surface area contributed by atoms with Crippen LogP contribution in [0.4, 0.5) is 0 Å². The molecule has 0 aliphatic heterocycles. The normalized spacial score (nSPS) is 16.8. The van der Waals surface area contributed by atoms with E-state index in [1.807, 2.05) is 54.7 Å². The van der Waals surface area contributed by atoms with Crippen LogP contribution in [-0.2, 0) is 0 Å². The second kappa shape index (κ2) is 5.75. The van der Waals surface area contributed by atoms with Gasteiger partial charge >= 0.3 is 0 Å². The Hall–Kier alpha value is -2.22. The number of amides is 1. The van der Waals surface area contributed by atoms with E-state index in [0.717, 1.165) is 5.71 Å².